The first-order valence-corrected chi connectivity index (χ1v) is 5.09. The third-order valence-corrected chi connectivity index (χ3v) is 2.05. The van der Waals surface area contributed by atoms with Crippen molar-refractivity contribution in [3.63, 3.8) is 0 Å². The number of aliphatic hydroxyl groups excluding tert-OH is 1. The first-order chi connectivity index (χ1) is 7.33. The highest BCUT2D eigenvalue weighted by Crippen LogP contribution is 2.00. The first kappa shape index (κ1) is 12.1. The Morgan fingerprint density at radius 2 is 2.07 bits per heavy atom. The lowest BCUT2D eigenvalue weighted by Gasteiger charge is -2.16. The lowest BCUT2D eigenvalue weighted by atomic mass is 10.2. The molecule has 0 aromatic carbocycles. The summed E-state index contributed by atoms with van der Waals surface area (Å²) in [6.07, 6.45) is 3.59. The standard InChI is InChI=1S/C11H18N2O2/c1-13(6-8-15-9-7-14)10-11-2-4-12-5-3-11/h2-5,14H,6-10H2,1H3. The van der Waals surface area contributed by atoms with Crippen LogP contribution >= 0.6 is 0 Å². The van der Waals surface area contributed by atoms with Crippen LogP contribution in [-0.2, 0) is 11.3 Å². The Hall–Kier alpha value is -0.970. The maximum atomic E-state index is 8.52. The largest absolute Gasteiger partial charge is 0.394 e. The molecule has 0 atom stereocenters. The van der Waals surface area contributed by atoms with Gasteiger partial charge in [0.2, 0.25) is 0 Å². The van der Waals surface area contributed by atoms with Gasteiger partial charge in [0.25, 0.3) is 0 Å². The topological polar surface area (TPSA) is 45.6 Å². The molecule has 4 heteroatoms. The van der Waals surface area contributed by atoms with Gasteiger partial charge in [-0.05, 0) is 24.7 Å². The van der Waals surface area contributed by atoms with Gasteiger partial charge in [-0.2, -0.15) is 0 Å². The number of likely N-dealkylation sites (N-methyl/N-ethyl adjacent to an activating group) is 1. The second-order valence-electron chi connectivity index (χ2n) is 3.43. The van der Waals surface area contributed by atoms with Crippen LogP contribution in [0, 0.1) is 0 Å². The van der Waals surface area contributed by atoms with E-state index in [1.165, 1.54) is 5.56 Å². The average molecular weight is 210 g/mol. The maximum absolute atomic E-state index is 8.52. The quantitative estimate of drug-likeness (QED) is 0.667. The van der Waals surface area contributed by atoms with Crippen LogP contribution < -0.4 is 0 Å². The fourth-order valence-electron chi connectivity index (χ4n) is 1.27. The van der Waals surface area contributed by atoms with E-state index in [-0.39, 0.29) is 6.61 Å². The van der Waals surface area contributed by atoms with Crippen LogP contribution in [0.3, 0.4) is 0 Å². The molecular formula is C11H18N2O2. The van der Waals surface area contributed by atoms with Gasteiger partial charge in [-0.25, -0.2) is 0 Å². The molecule has 0 amide bonds. The SMILES string of the molecule is CN(CCOCCO)Cc1ccncc1. The summed E-state index contributed by atoms with van der Waals surface area (Å²) >= 11 is 0. The molecule has 15 heavy (non-hydrogen) atoms. The molecule has 0 aliphatic heterocycles. The summed E-state index contributed by atoms with van der Waals surface area (Å²) in [6.45, 7) is 2.92. The molecule has 4 nitrogen and oxygen atoms in total. The number of aromatic nitrogens is 1. The Morgan fingerprint density at radius 3 is 2.73 bits per heavy atom. The van der Waals surface area contributed by atoms with Crippen LogP contribution in [0.15, 0.2) is 24.5 Å². The average Bonchev–Trinajstić information content (AvgIpc) is 2.26. The van der Waals surface area contributed by atoms with E-state index in [1.54, 1.807) is 12.4 Å². The minimum absolute atomic E-state index is 0.0913. The predicted octanol–water partition coefficient (Wildman–Crippen LogP) is 0.522. The van der Waals surface area contributed by atoms with Crippen molar-refractivity contribution in [3.8, 4) is 0 Å². The number of hydrogen-bond donors (Lipinski definition) is 1. The molecule has 0 saturated carbocycles. The highest BCUT2D eigenvalue weighted by molar-refractivity contribution is 5.09. The second-order valence-corrected chi connectivity index (χ2v) is 3.43. The third-order valence-electron chi connectivity index (χ3n) is 2.05. The molecule has 0 saturated heterocycles. The molecule has 0 bridgehead atoms. The van der Waals surface area contributed by atoms with Crippen LogP contribution in [-0.4, -0.2) is 48.4 Å². The fourth-order valence-corrected chi connectivity index (χ4v) is 1.27. The summed E-state index contributed by atoms with van der Waals surface area (Å²) in [4.78, 5) is 6.14. The Labute approximate surface area is 90.5 Å². The highest BCUT2D eigenvalue weighted by atomic mass is 16.5. The van der Waals surface area contributed by atoms with Crippen LogP contribution in [0.2, 0.25) is 0 Å². The Balaban J connectivity index is 2.16. The predicted molar refractivity (Wildman–Crippen MR) is 58.5 cm³/mol. The Morgan fingerprint density at radius 1 is 1.33 bits per heavy atom. The minimum Gasteiger partial charge on any atom is -0.394 e. The van der Waals surface area contributed by atoms with Gasteiger partial charge >= 0.3 is 0 Å². The number of aliphatic hydroxyl groups is 1. The van der Waals surface area contributed by atoms with Gasteiger partial charge < -0.3 is 9.84 Å². The zero-order valence-corrected chi connectivity index (χ0v) is 9.09. The lowest BCUT2D eigenvalue weighted by Crippen LogP contribution is -2.23. The molecule has 1 aromatic heterocycles. The van der Waals surface area contributed by atoms with Gasteiger partial charge in [0.1, 0.15) is 0 Å². The van der Waals surface area contributed by atoms with E-state index >= 15 is 0 Å². The van der Waals surface area contributed by atoms with E-state index in [9.17, 15) is 0 Å². The van der Waals surface area contributed by atoms with Gasteiger partial charge in [0.05, 0.1) is 19.8 Å². The van der Waals surface area contributed by atoms with Gasteiger partial charge in [-0.15, -0.1) is 0 Å². The molecule has 0 radical (unpaired) electrons. The smallest absolute Gasteiger partial charge is 0.0698 e. The fraction of sp³-hybridized carbons (Fsp3) is 0.545. The molecule has 0 aliphatic rings. The maximum Gasteiger partial charge on any atom is 0.0698 e. The second kappa shape index (κ2) is 7.34. The van der Waals surface area contributed by atoms with Crippen molar-refractivity contribution in [2.45, 2.75) is 6.54 Å². The van der Waals surface area contributed by atoms with Crippen LogP contribution in [0.25, 0.3) is 0 Å². The van der Waals surface area contributed by atoms with Crippen LogP contribution in [0.5, 0.6) is 0 Å². The molecule has 1 rings (SSSR count). The molecule has 0 aliphatic carbocycles. The normalized spacial score (nSPS) is 10.9. The Bertz CT molecular complexity index is 254. The number of rotatable bonds is 7. The van der Waals surface area contributed by atoms with E-state index < -0.39 is 0 Å². The van der Waals surface area contributed by atoms with E-state index in [2.05, 4.69) is 9.88 Å². The molecular weight excluding hydrogens is 192 g/mol. The zero-order chi connectivity index (χ0) is 10.9. The van der Waals surface area contributed by atoms with E-state index in [0.717, 1.165) is 13.1 Å². The van der Waals surface area contributed by atoms with Crippen molar-refractivity contribution >= 4 is 0 Å². The van der Waals surface area contributed by atoms with Crippen LogP contribution in [0.1, 0.15) is 5.56 Å². The van der Waals surface area contributed by atoms with Gasteiger partial charge in [0.15, 0.2) is 0 Å². The summed E-state index contributed by atoms with van der Waals surface area (Å²) in [5, 5.41) is 8.52. The van der Waals surface area contributed by atoms with Gasteiger partial charge in [0, 0.05) is 25.5 Å². The third kappa shape index (κ3) is 5.47. The molecule has 1 N–H and O–H groups in total. The summed E-state index contributed by atoms with van der Waals surface area (Å²) < 4.78 is 5.19. The molecule has 0 unspecified atom stereocenters. The summed E-state index contributed by atoms with van der Waals surface area (Å²) in [6, 6.07) is 4.01. The van der Waals surface area contributed by atoms with E-state index in [4.69, 9.17) is 9.84 Å². The lowest BCUT2D eigenvalue weighted by molar-refractivity contribution is 0.0773. The van der Waals surface area contributed by atoms with Crippen molar-refractivity contribution in [2.75, 3.05) is 33.4 Å². The summed E-state index contributed by atoms with van der Waals surface area (Å²) in [5.74, 6) is 0. The number of hydrogen-bond acceptors (Lipinski definition) is 4. The number of pyridine rings is 1. The van der Waals surface area contributed by atoms with E-state index in [1.807, 2.05) is 19.2 Å². The first-order valence-electron chi connectivity index (χ1n) is 5.09. The minimum atomic E-state index is 0.0913. The van der Waals surface area contributed by atoms with Crippen molar-refractivity contribution in [2.24, 2.45) is 0 Å². The molecule has 1 aromatic rings. The monoisotopic (exact) mass is 210 g/mol. The number of nitrogens with zero attached hydrogens (tertiary/aromatic N) is 2. The summed E-state index contributed by atoms with van der Waals surface area (Å²) in [7, 11) is 2.04. The molecule has 0 spiro atoms. The van der Waals surface area contributed by atoms with Crippen molar-refractivity contribution < 1.29 is 9.84 Å². The molecule has 84 valence electrons. The van der Waals surface area contributed by atoms with Gasteiger partial charge in [-0.1, -0.05) is 0 Å². The number of ether oxygens (including phenoxy) is 1. The Kier molecular flexibility index (Phi) is 5.92. The van der Waals surface area contributed by atoms with Crippen molar-refractivity contribution in [1.82, 2.24) is 9.88 Å². The molecule has 1 heterocycles. The molecule has 0 fully saturated rings. The zero-order valence-electron chi connectivity index (χ0n) is 9.09. The van der Waals surface area contributed by atoms with Gasteiger partial charge in [-0.3, -0.25) is 9.88 Å². The van der Waals surface area contributed by atoms with Crippen molar-refractivity contribution in [1.29, 1.82) is 0 Å². The van der Waals surface area contributed by atoms with Crippen LogP contribution in [0.4, 0.5) is 0 Å². The highest BCUT2D eigenvalue weighted by Gasteiger charge is 1.99. The van der Waals surface area contributed by atoms with Crippen molar-refractivity contribution in [3.05, 3.63) is 30.1 Å². The summed E-state index contributed by atoms with van der Waals surface area (Å²) in [5.41, 5.74) is 1.25. The van der Waals surface area contributed by atoms with E-state index in [0.29, 0.717) is 13.2 Å².